The van der Waals surface area contributed by atoms with Crippen LogP contribution in [0.3, 0.4) is 0 Å². The zero-order chi connectivity index (χ0) is 38.3. The smallest absolute Gasteiger partial charge is 0.299 e. The number of benzene rings is 4. The lowest BCUT2D eigenvalue weighted by atomic mass is 9.94. The van der Waals surface area contributed by atoms with Gasteiger partial charge in [0.25, 0.3) is 12.0 Å². The molecule has 4 aromatic carbocycles. The fourth-order valence-corrected chi connectivity index (χ4v) is 7.55. The first-order valence-corrected chi connectivity index (χ1v) is 19.8. The van der Waals surface area contributed by atoms with Crippen molar-refractivity contribution in [1.29, 1.82) is 0 Å². The van der Waals surface area contributed by atoms with Gasteiger partial charge in [0, 0.05) is 59.1 Å². The summed E-state index contributed by atoms with van der Waals surface area (Å²) in [6.45, 7) is 7.70. The summed E-state index contributed by atoms with van der Waals surface area (Å²) in [7, 11) is 0. The second kappa shape index (κ2) is 17.3. The summed E-state index contributed by atoms with van der Waals surface area (Å²) < 4.78 is 23.3. The fraction of sp³-hybridized carbons (Fsp3) is 0.261. The van der Waals surface area contributed by atoms with Gasteiger partial charge < -0.3 is 33.8 Å². The van der Waals surface area contributed by atoms with Crippen molar-refractivity contribution in [3.8, 4) is 22.6 Å². The molecule has 0 atom stereocenters. The van der Waals surface area contributed by atoms with E-state index in [1.165, 1.54) is 40.8 Å². The Bertz CT molecular complexity index is 2320. The van der Waals surface area contributed by atoms with Crippen molar-refractivity contribution < 1.29 is 18.3 Å². The van der Waals surface area contributed by atoms with Crippen LogP contribution in [0.1, 0.15) is 48.9 Å². The molecule has 286 valence electrons. The Hall–Kier alpha value is -5.93. The number of hydrogen-bond donors (Lipinski definition) is 2. The maximum absolute atomic E-state index is 6.02. The summed E-state index contributed by atoms with van der Waals surface area (Å²) in [6, 6.07) is 29.6. The van der Waals surface area contributed by atoms with E-state index in [9.17, 15) is 0 Å². The maximum atomic E-state index is 6.02. The van der Waals surface area contributed by atoms with Crippen molar-refractivity contribution in [3.05, 3.63) is 148 Å². The van der Waals surface area contributed by atoms with Crippen LogP contribution in [0.4, 0.5) is 29.1 Å². The normalized spacial score (nSPS) is 14.4. The molecule has 1 fully saturated rings. The van der Waals surface area contributed by atoms with Crippen LogP contribution in [0.5, 0.6) is 0 Å². The van der Waals surface area contributed by atoms with E-state index in [0.29, 0.717) is 36.0 Å². The van der Waals surface area contributed by atoms with Crippen LogP contribution in [-0.4, -0.2) is 36.3 Å². The summed E-state index contributed by atoms with van der Waals surface area (Å²) in [4.78, 5) is 11.2. The quantitative estimate of drug-likeness (QED) is 0.133. The molecule has 3 aliphatic rings. The number of nitrogens with zero attached hydrogens (tertiary/aromatic N) is 3. The van der Waals surface area contributed by atoms with Gasteiger partial charge in [-0.3, -0.25) is 0 Å². The third kappa shape index (κ3) is 8.63. The number of oxazole rings is 2. The third-order valence-corrected chi connectivity index (χ3v) is 10.5. The van der Waals surface area contributed by atoms with Crippen molar-refractivity contribution in [2.45, 2.75) is 52.4 Å². The molecule has 0 bridgehead atoms. The van der Waals surface area contributed by atoms with Gasteiger partial charge in [0.05, 0.1) is 37.1 Å². The van der Waals surface area contributed by atoms with Crippen molar-refractivity contribution in [3.63, 3.8) is 0 Å². The minimum atomic E-state index is 0.468. The van der Waals surface area contributed by atoms with Gasteiger partial charge in [-0.05, 0) is 135 Å². The van der Waals surface area contributed by atoms with E-state index < -0.39 is 0 Å². The second-order valence-electron chi connectivity index (χ2n) is 13.9. The molecular weight excluding hydrogens is 722 g/mol. The van der Waals surface area contributed by atoms with Gasteiger partial charge in [0.1, 0.15) is 0 Å². The SMILES string of the molecule is CCOC1=CCc2cccc(Nc3ncc(-c4ccc(Cl)cc4)o3)c2C1.CCOC1=CCc2cccc(Nc3ncc(-c4ccc(N5CCCC5)cc4)o3)c2C1. The van der Waals surface area contributed by atoms with E-state index in [4.69, 9.17) is 29.9 Å². The van der Waals surface area contributed by atoms with E-state index in [1.807, 2.05) is 50.2 Å². The first-order valence-electron chi connectivity index (χ1n) is 19.4. The van der Waals surface area contributed by atoms with Gasteiger partial charge in [0.15, 0.2) is 11.5 Å². The minimum Gasteiger partial charge on any atom is -0.498 e. The third-order valence-electron chi connectivity index (χ3n) is 10.3. The highest BCUT2D eigenvalue weighted by Crippen LogP contribution is 2.34. The van der Waals surface area contributed by atoms with E-state index in [1.54, 1.807) is 12.4 Å². The Kier molecular flexibility index (Phi) is 11.4. The molecule has 9 nitrogen and oxygen atoms in total. The summed E-state index contributed by atoms with van der Waals surface area (Å²) in [5, 5.41) is 7.38. The number of anilines is 5. The topological polar surface area (TPSA) is 97.8 Å². The minimum absolute atomic E-state index is 0.468. The van der Waals surface area contributed by atoms with Crippen molar-refractivity contribution in [1.82, 2.24) is 9.97 Å². The maximum Gasteiger partial charge on any atom is 0.299 e. The predicted molar refractivity (Wildman–Crippen MR) is 224 cm³/mol. The van der Waals surface area contributed by atoms with Crippen LogP contribution in [0.25, 0.3) is 22.6 Å². The van der Waals surface area contributed by atoms with Crippen LogP contribution in [0.2, 0.25) is 5.02 Å². The summed E-state index contributed by atoms with van der Waals surface area (Å²) in [5.74, 6) is 3.52. The lowest BCUT2D eigenvalue weighted by molar-refractivity contribution is 0.220. The molecule has 2 aromatic heterocycles. The Labute approximate surface area is 333 Å². The van der Waals surface area contributed by atoms with Crippen LogP contribution in [0.15, 0.2) is 130 Å². The number of hydrogen-bond acceptors (Lipinski definition) is 9. The molecule has 0 amide bonds. The van der Waals surface area contributed by atoms with Gasteiger partial charge >= 0.3 is 0 Å². The van der Waals surface area contributed by atoms with Crippen LogP contribution < -0.4 is 15.5 Å². The van der Waals surface area contributed by atoms with Crippen molar-refractivity contribution >= 4 is 40.7 Å². The number of rotatable bonds is 11. The molecular formula is C46H46ClN5O4. The fourth-order valence-electron chi connectivity index (χ4n) is 7.42. The highest BCUT2D eigenvalue weighted by molar-refractivity contribution is 6.30. The molecule has 2 N–H and O–H groups in total. The lowest BCUT2D eigenvalue weighted by Gasteiger charge is -2.20. The number of ether oxygens (including phenoxy) is 2. The van der Waals surface area contributed by atoms with Crippen LogP contribution in [0, 0.1) is 0 Å². The molecule has 2 aliphatic carbocycles. The number of nitrogens with one attached hydrogen (secondary N) is 2. The molecule has 0 spiro atoms. The highest BCUT2D eigenvalue weighted by atomic mass is 35.5. The summed E-state index contributed by atoms with van der Waals surface area (Å²) >= 11 is 5.94. The Balaban J connectivity index is 0.000000159. The summed E-state index contributed by atoms with van der Waals surface area (Å²) in [5.41, 5.74) is 10.4. The summed E-state index contributed by atoms with van der Waals surface area (Å²) in [6.07, 6.45) is 13.7. The van der Waals surface area contributed by atoms with E-state index >= 15 is 0 Å². The zero-order valence-electron chi connectivity index (χ0n) is 31.8. The zero-order valence-corrected chi connectivity index (χ0v) is 32.6. The Morgan fingerprint density at radius 2 is 1.12 bits per heavy atom. The van der Waals surface area contributed by atoms with Gasteiger partial charge in [0.2, 0.25) is 0 Å². The lowest BCUT2D eigenvalue weighted by Crippen LogP contribution is -2.17. The monoisotopic (exact) mass is 767 g/mol. The highest BCUT2D eigenvalue weighted by Gasteiger charge is 2.19. The van der Waals surface area contributed by atoms with Crippen molar-refractivity contribution in [2.24, 2.45) is 0 Å². The Morgan fingerprint density at radius 1 is 0.643 bits per heavy atom. The van der Waals surface area contributed by atoms with Gasteiger partial charge in [-0.1, -0.05) is 35.9 Å². The molecule has 1 saturated heterocycles. The van der Waals surface area contributed by atoms with E-state index in [0.717, 1.165) is 78.6 Å². The molecule has 9 rings (SSSR count). The molecule has 6 aromatic rings. The molecule has 0 unspecified atom stereocenters. The molecule has 3 heterocycles. The molecule has 0 saturated carbocycles. The number of allylic oxidation sites excluding steroid dienone is 4. The average Bonchev–Trinajstić information content (AvgIpc) is 4.03. The molecule has 10 heteroatoms. The number of aromatic nitrogens is 2. The first kappa shape index (κ1) is 37.0. The first-order chi connectivity index (χ1) is 27.5. The second-order valence-corrected chi connectivity index (χ2v) is 14.3. The standard InChI is InChI=1S/C25H27N3O2.C21H19ClN2O2/c1-2-29-21-13-10-18-6-5-7-23(22(18)16-21)27-25-26-17-24(30-25)19-8-11-20(12-9-19)28-14-3-4-15-28;1-2-25-17-11-8-14-4-3-5-19(18(14)12-17)24-21-23-13-20(26-21)15-6-9-16(22)10-7-15/h5-9,11-13,17H,2-4,10,14-16H2,1H3,(H,26,27);3-7,9-11,13H,2,8,12H2,1H3,(H,23,24). The van der Waals surface area contributed by atoms with Gasteiger partial charge in [-0.15, -0.1) is 0 Å². The van der Waals surface area contributed by atoms with Crippen LogP contribution in [-0.2, 0) is 35.2 Å². The Morgan fingerprint density at radius 3 is 1.61 bits per heavy atom. The number of fused-ring (bicyclic) bond motifs is 2. The largest absolute Gasteiger partial charge is 0.498 e. The molecule has 0 radical (unpaired) electrons. The molecule has 56 heavy (non-hydrogen) atoms. The van der Waals surface area contributed by atoms with Crippen LogP contribution >= 0.6 is 11.6 Å². The predicted octanol–water partition coefficient (Wildman–Crippen LogP) is 11.5. The van der Waals surface area contributed by atoms with Gasteiger partial charge in [-0.2, -0.15) is 0 Å². The van der Waals surface area contributed by atoms with E-state index in [2.05, 4.69) is 86.2 Å². The van der Waals surface area contributed by atoms with Crippen molar-refractivity contribution in [2.75, 3.05) is 41.8 Å². The van der Waals surface area contributed by atoms with E-state index in [-0.39, 0.29) is 0 Å². The van der Waals surface area contributed by atoms with Gasteiger partial charge in [-0.25, -0.2) is 9.97 Å². The average molecular weight is 768 g/mol. The molecule has 1 aliphatic heterocycles. The number of halogens is 1.